The Kier molecular flexibility index (Phi) is 19.4. The first-order valence-electron chi connectivity index (χ1n) is 21.1. The normalized spacial score (nSPS) is 20.6. The second-order valence-corrected chi connectivity index (χ2v) is 18.0. The van der Waals surface area contributed by atoms with Crippen molar-refractivity contribution in [3.8, 4) is 0 Å². The highest BCUT2D eigenvalue weighted by molar-refractivity contribution is 5.76. The van der Waals surface area contributed by atoms with E-state index in [1.807, 2.05) is 13.8 Å². The summed E-state index contributed by atoms with van der Waals surface area (Å²) in [6, 6.07) is 0. The number of carbonyl (C=O) groups is 1. The average molecular weight is 675 g/mol. The Labute approximate surface area is 299 Å². The van der Waals surface area contributed by atoms with Crippen molar-refractivity contribution in [2.45, 2.75) is 175 Å². The van der Waals surface area contributed by atoms with E-state index in [1.165, 1.54) is 155 Å². The Morgan fingerprint density at radius 2 is 1.27 bits per heavy atom. The van der Waals surface area contributed by atoms with E-state index in [0.29, 0.717) is 23.8 Å². The highest BCUT2D eigenvalue weighted by Gasteiger charge is 2.30. The van der Waals surface area contributed by atoms with Gasteiger partial charge in [0, 0.05) is 18.7 Å². The maximum Gasteiger partial charge on any atom is 0.222 e. The summed E-state index contributed by atoms with van der Waals surface area (Å²) in [7, 11) is 0. The minimum atomic E-state index is -0.390. The molecule has 6 heteroatoms. The Morgan fingerprint density at radius 1 is 0.729 bits per heavy atom. The summed E-state index contributed by atoms with van der Waals surface area (Å²) in [4.78, 5) is 20.8. The fraction of sp³-hybridized carbons (Fsp3) is 0.976. The molecule has 3 saturated heterocycles. The van der Waals surface area contributed by atoms with Crippen molar-refractivity contribution in [1.82, 2.24) is 20.0 Å². The van der Waals surface area contributed by atoms with Gasteiger partial charge in [-0.25, -0.2) is 0 Å². The molecule has 0 bridgehead atoms. The Hall–Kier alpha value is -0.690. The molecule has 3 aliphatic rings. The lowest BCUT2D eigenvalue weighted by Gasteiger charge is -2.43. The summed E-state index contributed by atoms with van der Waals surface area (Å²) in [6.45, 7) is 27.7. The molecular weight excluding hydrogens is 592 g/mol. The lowest BCUT2D eigenvalue weighted by Crippen LogP contribution is -2.48. The van der Waals surface area contributed by atoms with Crippen LogP contribution in [0.2, 0.25) is 0 Å². The zero-order chi connectivity index (χ0) is 34.8. The van der Waals surface area contributed by atoms with Gasteiger partial charge in [-0.1, -0.05) is 65.7 Å². The first kappa shape index (κ1) is 41.7. The number of unbranched alkanes of at least 4 members (excludes halogenated alkanes) is 4. The molecule has 0 atom stereocenters. The SMILES string of the molecule is CCCCCN1CCC(CCCC2CCN(C(C)(C)CCCCCN3CCC(CNC(=O)CC(C)(C)OCCC(C)C)CC3)CC2)CC1. The molecule has 0 aromatic heterocycles. The average Bonchev–Trinajstić information content (AvgIpc) is 3.05. The van der Waals surface area contributed by atoms with Gasteiger partial charge >= 0.3 is 0 Å². The number of ether oxygens (including phenoxy) is 1. The number of nitrogens with zero attached hydrogens (tertiary/aromatic N) is 3. The van der Waals surface area contributed by atoms with Crippen LogP contribution in [-0.2, 0) is 9.53 Å². The fourth-order valence-electron chi connectivity index (χ4n) is 8.58. The predicted octanol–water partition coefficient (Wildman–Crippen LogP) is 9.17. The van der Waals surface area contributed by atoms with Crippen LogP contribution in [0.15, 0.2) is 0 Å². The Balaban J connectivity index is 1.16. The molecule has 3 aliphatic heterocycles. The number of piperidine rings is 3. The van der Waals surface area contributed by atoms with E-state index in [4.69, 9.17) is 4.74 Å². The van der Waals surface area contributed by atoms with Crippen LogP contribution in [0.25, 0.3) is 0 Å². The van der Waals surface area contributed by atoms with Crippen LogP contribution in [0.3, 0.4) is 0 Å². The van der Waals surface area contributed by atoms with Crippen LogP contribution in [0.1, 0.15) is 164 Å². The number of hydrogen-bond donors (Lipinski definition) is 1. The second kappa shape index (κ2) is 22.3. The number of nitrogens with one attached hydrogen (secondary N) is 1. The molecule has 0 aromatic carbocycles. The van der Waals surface area contributed by atoms with Gasteiger partial charge < -0.3 is 19.9 Å². The summed E-state index contributed by atoms with van der Waals surface area (Å²) >= 11 is 0. The lowest BCUT2D eigenvalue weighted by atomic mass is 9.85. The van der Waals surface area contributed by atoms with Crippen LogP contribution >= 0.6 is 0 Å². The molecule has 0 aliphatic carbocycles. The van der Waals surface area contributed by atoms with Crippen molar-refractivity contribution in [3.05, 3.63) is 0 Å². The third-order valence-electron chi connectivity index (χ3n) is 12.3. The maximum atomic E-state index is 12.6. The molecule has 6 nitrogen and oxygen atoms in total. The quantitative estimate of drug-likeness (QED) is 0.110. The smallest absolute Gasteiger partial charge is 0.222 e. The Bertz CT molecular complexity index is 837. The number of rotatable bonds is 23. The van der Waals surface area contributed by atoms with E-state index in [2.05, 4.69) is 54.6 Å². The number of amides is 1. The van der Waals surface area contributed by atoms with Gasteiger partial charge in [-0.15, -0.1) is 0 Å². The number of hydrogen-bond acceptors (Lipinski definition) is 5. The van der Waals surface area contributed by atoms with E-state index in [9.17, 15) is 4.79 Å². The highest BCUT2D eigenvalue weighted by Crippen LogP contribution is 2.32. The lowest BCUT2D eigenvalue weighted by molar-refractivity contribution is -0.127. The maximum absolute atomic E-state index is 12.6. The molecule has 282 valence electrons. The predicted molar refractivity (Wildman–Crippen MR) is 206 cm³/mol. The van der Waals surface area contributed by atoms with Gasteiger partial charge in [0.05, 0.1) is 12.0 Å². The van der Waals surface area contributed by atoms with Gasteiger partial charge in [-0.3, -0.25) is 9.69 Å². The van der Waals surface area contributed by atoms with Gasteiger partial charge in [0.2, 0.25) is 5.91 Å². The van der Waals surface area contributed by atoms with Gasteiger partial charge in [-0.2, -0.15) is 0 Å². The van der Waals surface area contributed by atoms with E-state index in [1.54, 1.807) is 0 Å². The summed E-state index contributed by atoms with van der Waals surface area (Å²) in [5.41, 5.74) is -0.0483. The van der Waals surface area contributed by atoms with Crippen molar-refractivity contribution >= 4 is 5.91 Å². The van der Waals surface area contributed by atoms with Crippen molar-refractivity contribution in [1.29, 1.82) is 0 Å². The van der Waals surface area contributed by atoms with Crippen molar-refractivity contribution in [2.75, 3.05) is 65.5 Å². The zero-order valence-electron chi connectivity index (χ0n) is 33.3. The van der Waals surface area contributed by atoms with Crippen LogP contribution in [-0.4, -0.2) is 97.3 Å². The number of carbonyl (C=O) groups excluding carboxylic acids is 1. The van der Waals surface area contributed by atoms with Gasteiger partial charge in [0.1, 0.15) is 0 Å². The van der Waals surface area contributed by atoms with Gasteiger partial charge in [-0.05, 0) is 168 Å². The van der Waals surface area contributed by atoms with E-state index in [-0.39, 0.29) is 11.5 Å². The van der Waals surface area contributed by atoms with Crippen LogP contribution in [0.4, 0.5) is 0 Å². The highest BCUT2D eigenvalue weighted by atomic mass is 16.5. The molecular formula is C42H82N4O2. The standard InChI is InChI=1S/C42H82N4O2/c1-8-9-12-25-44-27-17-37(18-28-44)15-14-16-38-21-31-46(32-22-38)41(4,5)24-11-10-13-26-45-29-19-39(20-30-45)35-43-40(47)34-42(6,7)48-33-23-36(2)3/h36-39H,8-35H2,1-7H3,(H,43,47). The van der Waals surface area contributed by atoms with Crippen molar-refractivity contribution in [3.63, 3.8) is 0 Å². The van der Waals surface area contributed by atoms with Crippen LogP contribution < -0.4 is 5.32 Å². The molecule has 1 N–H and O–H groups in total. The summed E-state index contributed by atoms with van der Waals surface area (Å²) in [5, 5.41) is 3.21. The summed E-state index contributed by atoms with van der Waals surface area (Å²) < 4.78 is 5.99. The minimum Gasteiger partial charge on any atom is -0.375 e. The third-order valence-corrected chi connectivity index (χ3v) is 12.3. The minimum absolute atomic E-state index is 0.133. The number of likely N-dealkylation sites (tertiary alicyclic amines) is 3. The molecule has 3 rings (SSSR count). The summed E-state index contributed by atoms with van der Waals surface area (Å²) in [5.74, 6) is 3.35. The van der Waals surface area contributed by atoms with Gasteiger partial charge in [0.25, 0.3) is 0 Å². The van der Waals surface area contributed by atoms with E-state index in [0.717, 1.165) is 31.4 Å². The molecule has 0 radical (unpaired) electrons. The summed E-state index contributed by atoms with van der Waals surface area (Å²) in [6.07, 6.45) is 23.6. The molecule has 0 aromatic rings. The van der Waals surface area contributed by atoms with Crippen molar-refractivity contribution in [2.24, 2.45) is 23.7 Å². The van der Waals surface area contributed by atoms with Crippen LogP contribution in [0.5, 0.6) is 0 Å². The molecule has 0 unspecified atom stereocenters. The van der Waals surface area contributed by atoms with Crippen molar-refractivity contribution < 1.29 is 9.53 Å². The molecule has 0 saturated carbocycles. The second-order valence-electron chi connectivity index (χ2n) is 18.0. The fourth-order valence-corrected chi connectivity index (χ4v) is 8.58. The first-order chi connectivity index (χ1) is 23.0. The zero-order valence-corrected chi connectivity index (χ0v) is 33.3. The monoisotopic (exact) mass is 675 g/mol. The topological polar surface area (TPSA) is 48.0 Å². The Morgan fingerprint density at radius 3 is 1.83 bits per heavy atom. The third kappa shape index (κ3) is 17.0. The molecule has 3 fully saturated rings. The van der Waals surface area contributed by atoms with E-state index >= 15 is 0 Å². The molecule has 3 heterocycles. The molecule has 48 heavy (non-hydrogen) atoms. The van der Waals surface area contributed by atoms with E-state index < -0.39 is 0 Å². The first-order valence-corrected chi connectivity index (χ1v) is 21.1. The van der Waals surface area contributed by atoms with Gasteiger partial charge in [0.15, 0.2) is 0 Å². The molecule has 0 spiro atoms. The molecule has 1 amide bonds. The largest absolute Gasteiger partial charge is 0.375 e. The van der Waals surface area contributed by atoms with Crippen LogP contribution in [0, 0.1) is 23.7 Å².